The molecule has 0 saturated heterocycles. The van der Waals surface area contributed by atoms with E-state index in [9.17, 15) is 9.59 Å². The number of aryl methyl sites for hydroxylation is 1. The maximum atomic E-state index is 13.6. The van der Waals surface area contributed by atoms with Crippen LogP contribution < -0.4 is 10.6 Å². The van der Waals surface area contributed by atoms with Crippen LogP contribution >= 0.6 is 0 Å². The Bertz CT molecular complexity index is 1780. The van der Waals surface area contributed by atoms with Crippen molar-refractivity contribution in [3.8, 4) is 22.4 Å². The van der Waals surface area contributed by atoms with E-state index in [-0.39, 0.29) is 35.4 Å². The summed E-state index contributed by atoms with van der Waals surface area (Å²) in [5.41, 5.74) is 11.4. The van der Waals surface area contributed by atoms with Crippen LogP contribution in [0.3, 0.4) is 0 Å². The number of nitrogen functional groups attached to an aromatic ring is 1. The monoisotopic (exact) mass is 594 g/mol. The largest absolute Gasteiger partial charge is 0.383 e. The molecule has 5 aromatic rings. The second-order valence-corrected chi connectivity index (χ2v) is 11.2. The van der Waals surface area contributed by atoms with Crippen molar-refractivity contribution < 1.29 is 9.59 Å². The minimum atomic E-state index is -0.230. The molecular weight excluding hydrogens is 556 g/mol. The number of nitrogens with zero attached hydrogens (tertiary/aromatic N) is 8. The third-order valence-corrected chi connectivity index (χ3v) is 7.90. The average Bonchev–Trinajstić information content (AvgIpc) is 3.69. The van der Waals surface area contributed by atoms with Crippen molar-refractivity contribution >= 4 is 29.1 Å². The Morgan fingerprint density at radius 1 is 1.00 bits per heavy atom. The first-order chi connectivity index (χ1) is 21.1. The van der Waals surface area contributed by atoms with Gasteiger partial charge in [-0.15, -0.1) is 5.10 Å². The summed E-state index contributed by atoms with van der Waals surface area (Å²) in [5, 5.41) is 11.4. The Kier molecular flexibility index (Phi) is 8.70. The summed E-state index contributed by atoms with van der Waals surface area (Å²) in [4.78, 5) is 43.9. The average molecular weight is 595 g/mol. The predicted molar refractivity (Wildman–Crippen MR) is 170 cm³/mol. The molecule has 12 heteroatoms. The quantitative estimate of drug-likeness (QED) is 0.208. The highest BCUT2D eigenvalue weighted by Gasteiger charge is 2.29. The van der Waals surface area contributed by atoms with Gasteiger partial charge in [0.2, 0.25) is 11.8 Å². The molecule has 5 rings (SSSR count). The van der Waals surface area contributed by atoms with Crippen molar-refractivity contribution in [3.05, 3.63) is 71.9 Å². The van der Waals surface area contributed by atoms with Crippen LogP contribution in [0.25, 0.3) is 28.0 Å². The lowest BCUT2D eigenvalue weighted by Gasteiger charge is -2.33. The molecule has 0 bridgehead atoms. The van der Waals surface area contributed by atoms with Gasteiger partial charge in [0.1, 0.15) is 5.82 Å². The number of nitrogens with two attached hydrogens (primary N) is 1. The number of ketones is 1. The lowest BCUT2D eigenvalue weighted by atomic mass is 10.0. The van der Waals surface area contributed by atoms with Crippen molar-refractivity contribution in [2.75, 3.05) is 24.7 Å². The minimum absolute atomic E-state index is 0.0500. The van der Waals surface area contributed by atoms with Crippen molar-refractivity contribution in [3.63, 3.8) is 0 Å². The lowest BCUT2D eigenvalue weighted by molar-refractivity contribution is 0.0580. The van der Waals surface area contributed by atoms with E-state index < -0.39 is 0 Å². The number of rotatable bonds is 11. The summed E-state index contributed by atoms with van der Waals surface area (Å²) in [7, 11) is 3.63. The van der Waals surface area contributed by atoms with Gasteiger partial charge in [-0.2, -0.15) is 14.6 Å². The first-order valence-corrected chi connectivity index (χ1v) is 14.7. The summed E-state index contributed by atoms with van der Waals surface area (Å²) >= 11 is 0. The van der Waals surface area contributed by atoms with Crippen LogP contribution in [0.4, 0.5) is 11.8 Å². The number of H-pyrrole nitrogens is 1. The minimum Gasteiger partial charge on any atom is -0.383 e. The predicted octanol–water partition coefficient (Wildman–Crippen LogP) is 4.69. The molecule has 2 unspecified atom stereocenters. The highest BCUT2D eigenvalue weighted by atomic mass is 16.2. The molecule has 0 fully saturated rings. The standard InChI is InChI=1S/C32H38N10O2/c1-7-19(2)41(31(44)29-37-32(39-38-29)40(5)6)20(3)13-15-26-27(21(4)43)28(33)42-30(36-26)24(18-35-42)23-14-16-25(34-17-23)22-11-9-8-10-12-22/h8-12,14,16-20H,7,13,15,33H2,1-6H3,(H,37,38,39). The number of nitrogens with one attached hydrogen (secondary N) is 1. The van der Waals surface area contributed by atoms with Crippen LogP contribution in [0.5, 0.6) is 0 Å². The molecule has 4 heterocycles. The zero-order valence-electron chi connectivity index (χ0n) is 25.9. The zero-order valence-corrected chi connectivity index (χ0v) is 25.9. The Balaban J connectivity index is 1.45. The summed E-state index contributed by atoms with van der Waals surface area (Å²) in [6.07, 6.45) is 5.21. The first kappa shape index (κ1) is 30.3. The number of carbonyl (C=O) groups is 2. The van der Waals surface area contributed by atoms with Crippen molar-refractivity contribution in [2.24, 2.45) is 0 Å². The number of Topliss-reactive ketones (excluding diaryl/α,β-unsaturated/α-hetero) is 1. The molecule has 44 heavy (non-hydrogen) atoms. The van der Waals surface area contributed by atoms with Crippen LogP contribution in [0.1, 0.15) is 67.2 Å². The molecule has 2 atom stereocenters. The molecule has 0 aliphatic heterocycles. The molecule has 0 spiro atoms. The molecular formula is C32H38N10O2. The van der Waals surface area contributed by atoms with E-state index in [2.05, 4.69) is 25.3 Å². The van der Waals surface area contributed by atoms with Crippen molar-refractivity contribution in [1.29, 1.82) is 0 Å². The molecule has 0 aliphatic rings. The fourth-order valence-corrected chi connectivity index (χ4v) is 5.35. The second-order valence-electron chi connectivity index (χ2n) is 11.2. The molecule has 3 N–H and O–H groups in total. The maximum absolute atomic E-state index is 13.6. The van der Waals surface area contributed by atoms with E-state index in [4.69, 9.17) is 10.7 Å². The number of benzene rings is 1. The fraction of sp³-hybridized carbons (Fsp3) is 0.344. The van der Waals surface area contributed by atoms with Gasteiger partial charge in [-0.1, -0.05) is 43.3 Å². The summed E-state index contributed by atoms with van der Waals surface area (Å²) in [6.45, 7) is 7.52. The Labute approximate surface area is 256 Å². The van der Waals surface area contributed by atoms with Crippen LogP contribution in [0, 0.1) is 0 Å². The number of fused-ring (bicyclic) bond motifs is 1. The number of carbonyl (C=O) groups excluding carboxylic acids is 2. The normalized spacial score (nSPS) is 12.7. The lowest BCUT2D eigenvalue weighted by Crippen LogP contribution is -2.45. The van der Waals surface area contributed by atoms with E-state index in [1.54, 1.807) is 17.3 Å². The number of aromatic nitrogens is 7. The topological polar surface area (TPSA) is 151 Å². The third-order valence-electron chi connectivity index (χ3n) is 7.90. The van der Waals surface area contributed by atoms with E-state index in [0.29, 0.717) is 35.7 Å². The van der Waals surface area contributed by atoms with Gasteiger partial charge in [0.25, 0.3) is 5.91 Å². The van der Waals surface area contributed by atoms with Crippen molar-refractivity contribution in [2.45, 2.75) is 59.0 Å². The Morgan fingerprint density at radius 2 is 1.75 bits per heavy atom. The van der Waals surface area contributed by atoms with Crippen LogP contribution in [-0.4, -0.2) is 77.5 Å². The van der Waals surface area contributed by atoms with Gasteiger partial charge in [0.15, 0.2) is 11.4 Å². The summed E-state index contributed by atoms with van der Waals surface area (Å²) in [6, 6.07) is 13.6. The molecule has 1 aromatic carbocycles. The van der Waals surface area contributed by atoms with Crippen LogP contribution in [0.15, 0.2) is 54.9 Å². The van der Waals surface area contributed by atoms with Crippen molar-refractivity contribution in [1.82, 2.24) is 39.7 Å². The molecule has 228 valence electrons. The zero-order chi connectivity index (χ0) is 31.5. The van der Waals surface area contributed by atoms with Crippen LogP contribution in [0.2, 0.25) is 0 Å². The molecule has 1 amide bonds. The molecule has 0 aliphatic carbocycles. The second kappa shape index (κ2) is 12.6. The number of hydrogen-bond acceptors (Lipinski definition) is 9. The molecule has 0 saturated carbocycles. The smallest absolute Gasteiger partial charge is 0.291 e. The molecule has 4 aromatic heterocycles. The fourth-order valence-electron chi connectivity index (χ4n) is 5.35. The number of hydrogen-bond donors (Lipinski definition) is 2. The number of pyridine rings is 1. The highest BCUT2D eigenvalue weighted by Crippen LogP contribution is 2.29. The number of amides is 1. The Hall–Kier alpha value is -5.13. The SMILES string of the molecule is CCC(C)N(C(=O)c1nc(N(C)C)n[nH]1)C(C)CCc1nc2c(-c3ccc(-c4ccccc4)nc3)cnn2c(N)c1C(C)=O. The summed E-state index contributed by atoms with van der Waals surface area (Å²) in [5.74, 6) is 0.429. The van der Waals surface area contributed by atoms with Gasteiger partial charge < -0.3 is 15.5 Å². The molecule has 0 radical (unpaired) electrons. The Morgan fingerprint density at radius 3 is 2.36 bits per heavy atom. The van der Waals surface area contributed by atoms with E-state index in [0.717, 1.165) is 28.8 Å². The van der Waals surface area contributed by atoms with E-state index in [1.807, 2.05) is 82.2 Å². The maximum Gasteiger partial charge on any atom is 0.291 e. The first-order valence-electron chi connectivity index (χ1n) is 14.7. The van der Waals surface area contributed by atoms with Gasteiger partial charge in [0.05, 0.1) is 23.1 Å². The van der Waals surface area contributed by atoms with Gasteiger partial charge in [-0.25, -0.2) is 4.98 Å². The third kappa shape index (κ3) is 5.87. The van der Waals surface area contributed by atoms with Crippen LogP contribution in [-0.2, 0) is 6.42 Å². The highest BCUT2D eigenvalue weighted by molar-refractivity contribution is 6.00. The van der Waals surface area contributed by atoms with Gasteiger partial charge in [-0.05, 0) is 46.1 Å². The summed E-state index contributed by atoms with van der Waals surface area (Å²) < 4.78 is 1.51. The van der Waals surface area contributed by atoms with Gasteiger partial charge in [0, 0.05) is 49.1 Å². The molecule has 12 nitrogen and oxygen atoms in total. The van der Waals surface area contributed by atoms with Gasteiger partial charge >= 0.3 is 0 Å². The number of aromatic amines is 1. The van der Waals surface area contributed by atoms with Gasteiger partial charge in [-0.3, -0.25) is 19.7 Å². The van der Waals surface area contributed by atoms with E-state index in [1.165, 1.54) is 11.4 Å². The van der Waals surface area contributed by atoms with E-state index >= 15 is 0 Å². The number of anilines is 2.